The van der Waals surface area contributed by atoms with Gasteiger partial charge in [0.15, 0.2) is 0 Å². The van der Waals surface area contributed by atoms with Crippen molar-refractivity contribution in [2.24, 2.45) is 11.3 Å². The van der Waals surface area contributed by atoms with Gasteiger partial charge in [0.2, 0.25) is 0 Å². The van der Waals surface area contributed by atoms with Crippen LogP contribution >= 0.6 is 0 Å². The smallest absolute Gasteiger partial charge is 0.119 e. The van der Waals surface area contributed by atoms with Gasteiger partial charge in [0.1, 0.15) is 18.5 Å². The summed E-state index contributed by atoms with van der Waals surface area (Å²) >= 11 is 0. The Morgan fingerprint density at radius 1 is 1.43 bits per heavy atom. The molecule has 2 N–H and O–H groups in total. The number of benzene rings is 1. The number of rotatable bonds is 6. The standard InChI is InChI=1S/C19H27NO3/c1-13-4-2-5-15(10-13)23-12-14(21)11-20-17-16-6-9-22-18(16)19(17)7-3-8-19/h2,4-5,10,14,16-18,20-21H,3,6-9,11-12H2,1H3. The zero-order valence-electron chi connectivity index (χ0n) is 13.8. The summed E-state index contributed by atoms with van der Waals surface area (Å²) in [5.41, 5.74) is 1.54. The average molecular weight is 317 g/mol. The van der Waals surface area contributed by atoms with Crippen molar-refractivity contribution in [3.05, 3.63) is 29.8 Å². The van der Waals surface area contributed by atoms with E-state index in [1.807, 2.05) is 31.2 Å². The molecule has 1 aromatic rings. The predicted octanol–water partition coefficient (Wildman–Crippen LogP) is 2.28. The second-order valence-corrected chi connectivity index (χ2v) is 7.50. The van der Waals surface area contributed by atoms with Crippen LogP contribution in [0.15, 0.2) is 24.3 Å². The largest absolute Gasteiger partial charge is 0.491 e. The van der Waals surface area contributed by atoms with Crippen LogP contribution in [0.1, 0.15) is 31.2 Å². The van der Waals surface area contributed by atoms with Crippen LogP contribution in [0.3, 0.4) is 0 Å². The van der Waals surface area contributed by atoms with Crippen molar-refractivity contribution in [3.8, 4) is 5.75 Å². The van der Waals surface area contributed by atoms with Gasteiger partial charge in [0, 0.05) is 30.5 Å². The Labute approximate surface area is 138 Å². The summed E-state index contributed by atoms with van der Waals surface area (Å²) < 4.78 is 11.6. The minimum Gasteiger partial charge on any atom is -0.491 e. The highest BCUT2D eigenvalue weighted by molar-refractivity contribution is 5.27. The zero-order valence-corrected chi connectivity index (χ0v) is 13.8. The third-order valence-corrected chi connectivity index (χ3v) is 6.04. The van der Waals surface area contributed by atoms with E-state index in [9.17, 15) is 5.11 Å². The Bertz CT molecular complexity index is 557. The number of fused-ring (bicyclic) bond motifs is 2. The van der Waals surface area contributed by atoms with Gasteiger partial charge in [-0.1, -0.05) is 18.6 Å². The van der Waals surface area contributed by atoms with Crippen molar-refractivity contribution < 1.29 is 14.6 Å². The summed E-state index contributed by atoms with van der Waals surface area (Å²) in [6.07, 6.45) is 5.05. The highest BCUT2D eigenvalue weighted by Crippen LogP contribution is 2.62. The SMILES string of the molecule is Cc1cccc(OCC(O)CNC2C3CCOC3C23CCC3)c1. The molecule has 2 saturated carbocycles. The van der Waals surface area contributed by atoms with Gasteiger partial charge in [-0.2, -0.15) is 0 Å². The lowest BCUT2D eigenvalue weighted by molar-refractivity contribution is -0.177. The first-order valence-electron chi connectivity index (χ1n) is 8.91. The van der Waals surface area contributed by atoms with E-state index in [0.717, 1.165) is 12.4 Å². The number of ether oxygens (including phenoxy) is 2. The van der Waals surface area contributed by atoms with E-state index in [2.05, 4.69) is 5.32 Å². The number of aryl methyl sites for hydroxylation is 1. The minimum atomic E-state index is -0.478. The van der Waals surface area contributed by atoms with Crippen LogP contribution < -0.4 is 10.1 Å². The third-order valence-electron chi connectivity index (χ3n) is 6.04. The number of hydrogen-bond acceptors (Lipinski definition) is 4. The molecular formula is C19H27NO3. The molecule has 0 aromatic heterocycles. The van der Waals surface area contributed by atoms with E-state index in [-0.39, 0.29) is 0 Å². The van der Waals surface area contributed by atoms with Crippen LogP contribution in [0.2, 0.25) is 0 Å². The molecule has 3 fully saturated rings. The molecule has 3 aliphatic rings. The Morgan fingerprint density at radius 3 is 3.04 bits per heavy atom. The molecule has 0 radical (unpaired) electrons. The van der Waals surface area contributed by atoms with E-state index in [1.54, 1.807) is 0 Å². The Balaban J connectivity index is 1.26. The van der Waals surface area contributed by atoms with Crippen LogP contribution in [0.25, 0.3) is 0 Å². The first-order chi connectivity index (χ1) is 11.2. The van der Waals surface area contributed by atoms with E-state index in [4.69, 9.17) is 9.47 Å². The molecule has 4 heteroatoms. The van der Waals surface area contributed by atoms with Crippen molar-refractivity contribution in [3.63, 3.8) is 0 Å². The van der Waals surface area contributed by atoms with Gasteiger partial charge in [-0.15, -0.1) is 0 Å². The Kier molecular flexibility index (Phi) is 4.08. The van der Waals surface area contributed by atoms with Gasteiger partial charge in [0.05, 0.1) is 6.10 Å². The lowest BCUT2D eigenvalue weighted by Gasteiger charge is -2.63. The molecule has 23 heavy (non-hydrogen) atoms. The quantitative estimate of drug-likeness (QED) is 0.845. The minimum absolute atomic E-state index is 0.334. The van der Waals surface area contributed by atoms with Crippen molar-refractivity contribution in [2.45, 2.75) is 50.9 Å². The van der Waals surface area contributed by atoms with Crippen molar-refractivity contribution in [2.75, 3.05) is 19.8 Å². The fourth-order valence-electron chi connectivity index (χ4n) is 4.78. The lowest BCUT2D eigenvalue weighted by atomic mass is 9.46. The van der Waals surface area contributed by atoms with Crippen molar-refractivity contribution in [1.82, 2.24) is 5.32 Å². The summed E-state index contributed by atoms with van der Waals surface area (Å²) in [7, 11) is 0. The highest BCUT2D eigenvalue weighted by Gasteiger charge is 2.66. The second-order valence-electron chi connectivity index (χ2n) is 7.50. The van der Waals surface area contributed by atoms with E-state index in [0.29, 0.717) is 36.6 Å². The van der Waals surface area contributed by atoms with Crippen LogP contribution in [-0.4, -0.2) is 43.1 Å². The van der Waals surface area contributed by atoms with E-state index in [1.165, 1.54) is 31.2 Å². The van der Waals surface area contributed by atoms with Gasteiger partial charge < -0.3 is 19.9 Å². The topological polar surface area (TPSA) is 50.7 Å². The molecule has 126 valence electrons. The molecule has 1 spiro atoms. The van der Waals surface area contributed by atoms with Crippen LogP contribution in [-0.2, 0) is 4.74 Å². The van der Waals surface area contributed by atoms with Crippen LogP contribution in [0, 0.1) is 18.3 Å². The van der Waals surface area contributed by atoms with Crippen LogP contribution in [0.5, 0.6) is 5.75 Å². The van der Waals surface area contributed by atoms with E-state index < -0.39 is 6.10 Å². The molecule has 4 unspecified atom stereocenters. The summed E-state index contributed by atoms with van der Waals surface area (Å²) in [6, 6.07) is 8.47. The maximum Gasteiger partial charge on any atom is 0.119 e. The van der Waals surface area contributed by atoms with Crippen molar-refractivity contribution >= 4 is 0 Å². The molecule has 4 rings (SSSR count). The lowest BCUT2D eigenvalue weighted by Crippen LogP contribution is -2.71. The molecule has 1 saturated heterocycles. The normalized spacial score (nSPS) is 32.0. The molecule has 1 aromatic carbocycles. The maximum absolute atomic E-state index is 10.2. The highest BCUT2D eigenvalue weighted by atomic mass is 16.5. The van der Waals surface area contributed by atoms with Gasteiger partial charge in [-0.05, 0) is 43.9 Å². The number of aliphatic hydroxyl groups excluding tert-OH is 1. The number of nitrogens with one attached hydrogen (secondary N) is 1. The molecule has 1 aliphatic heterocycles. The molecule has 1 heterocycles. The monoisotopic (exact) mass is 317 g/mol. The average Bonchev–Trinajstić information content (AvgIpc) is 2.89. The molecular weight excluding hydrogens is 290 g/mol. The van der Waals surface area contributed by atoms with Gasteiger partial charge in [-0.25, -0.2) is 0 Å². The second kappa shape index (κ2) is 6.08. The first kappa shape index (κ1) is 15.4. The molecule has 4 atom stereocenters. The number of hydrogen-bond donors (Lipinski definition) is 2. The van der Waals surface area contributed by atoms with Gasteiger partial charge in [-0.3, -0.25) is 0 Å². The van der Waals surface area contributed by atoms with Crippen LogP contribution in [0.4, 0.5) is 0 Å². The first-order valence-corrected chi connectivity index (χ1v) is 8.91. The van der Waals surface area contributed by atoms with Gasteiger partial charge >= 0.3 is 0 Å². The van der Waals surface area contributed by atoms with Crippen molar-refractivity contribution in [1.29, 1.82) is 0 Å². The molecule has 4 nitrogen and oxygen atoms in total. The summed E-state index contributed by atoms with van der Waals surface area (Å²) in [5.74, 6) is 1.48. The zero-order chi connectivity index (χ0) is 15.9. The number of aliphatic hydroxyl groups is 1. The summed E-state index contributed by atoms with van der Waals surface area (Å²) in [6.45, 7) is 3.89. The Hall–Kier alpha value is -1.10. The summed E-state index contributed by atoms with van der Waals surface area (Å²) in [4.78, 5) is 0. The molecule has 0 bridgehead atoms. The summed E-state index contributed by atoms with van der Waals surface area (Å²) in [5, 5.41) is 13.9. The predicted molar refractivity (Wildman–Crippen MR) is 88.6 cm³/mol. The molecule has 2 aliphatic carbocycles. The molecule has 0 amide bonds. The third kappa shape index (κ3) is 2.67. The maximum atomic E-state index is 10.2. The fourth-order valence-corrected chi connectivity index (χ4v) is 4.78. The Morgan fingerprint density at radius 2 is 2.30 bits per heavy atom. The fraction of sp³-hybridized carbons (Fsp3) is 0.684. The van der Waals surface area contributed by atoms with Gasteiger partial charge in [0.25, 0.3) is 0 Å². The van der Waals surface area contributed by atoms with E-state index >= 15 is 0 Å².